The predicted octanol–water partition coefficient (Wildman–Crippen LogP) is 0.677. The summed E-state index contributed by atoms with van der Waals surface area (Å²) in [6.07, 6.45) is 0.644. The standard InChI is InChI=1S/C10H15N3OS/c1-7-9(15-6-13-7)5-12-10(14)2-8-3-11-4-8/h6,8,11H,2-5H2,1H3,(H,12,14). The molecule has 5 heteroatoms. The number of carbonyl (C=O) groups excluding carboxylic acids is 1. The van der Waals surface area contributed by atoms with Crippen molar-refractivity contribution in [1.29, 1.82) is 0 Å². The quantitative estimate of drug-likeness (QED) is 0.792. The molecule has 1 aromatic heterocycles. The molecule has 2 N–H and O–H groups in total. The fourth-order valence-electron chi connectivity index (χ4n) is 1.50. The Kier molecular flexibility index (Phi) is 3.33. The van der Waals surface area contributed by atoms with Gasteiger partial charge in [0.15, 0.2) is 0 Å². The van der Waals surface area contributed by atoms with E-state index in [1.54, 1.807) is 11.3 Å². The Morgan fingerprint density at radius 3 is 3.07 bits per heavy atom. The molecule has 0 saturated carbocycles. The summed E-state index contributed by atoms with van der Waals surface area (Å²) < 4.78 is 0. The van der Waals surface area contributed by atoms with Crippen molar-refractivity contribution in [1.82, 2.24) is 15.6 Å². The van der Waals surface area contributed by atoms with Crippen molar-refractivity contribution in [2.45, 2.75) is 19.9 Å². The van der Waals surface area contributed by atoms with Crippen LogP contribution in [0.25, 0.3) is 0 Å². The lowest BCUT2D eigenvalue weighted by molar-refractivity contribution is -0.122. The van der Waals surface area contributed by atoms with Gasteiger partial charge < -0.3 is 10.6 Å². The van der Waals surface area contributed by atoms with Gasteiger partial charge in [0, 0.05) is 11.3 Å². The van der Waals surface area contributed by atoms with Crippen molar-refractivity contribution in [3.8, 4) is 0 Å². The highest BCUT2D eigenvalue weighted by Crippen LogP contribution is 2.12. The molecule has 0 spiro atoms. The van der Waals surface area contributed by atoms with E-state index in [0.717, 1.165) is 23.7 Å². The van der Waals surface area contributed by atoms with Crippen LogP contribution in [0.3, 0.4) is 0 Å². The van der Waals surface area contributed by atoms with E-state index in [2.05, 4.69) is 15.6 Å². The third-order valence-electron chi connectivity index (χ3n) is 2.63. The predicted molar refractivity (Wildman–Crippen MR) is 59.7 cm³/mol. The van der Waals surface area contributed by atoms with Gasteiger partial charge in [-0.2, -0.15) is 0 Å². The number of amides is 1. The second-order valence-electron chi connectivity index (χ2n) is 3.87. The summed E-state index contributed by atoms with van der Waals surface area (Å²) in [6.45, 7) is 4.54. The van der Waals surface area contributed by atoms with Crippen molar-refractivity contribution in [2.24, 2.45) is 5.92 Å². The van der Waals surface area contributed by atoms with Gasteiger partial charge in [-0.15, -0.1) is 11.3 Å². The van der Waals surface area contributed by atoms with Crippen LogP contribution in [0.5, 0.6) is 0 Å². The van der Waals surface area contributed by atoms with E-state index >= 15 is 0 Å². The number of aromatic nitrogens is 1. The molecule has 82 valence electrons. The lowest BCUT2D eigenvalue weighted by atomic mass is 9.99. The van der Waals surface area contributed by atoms with Gasteiger partial charge in [-0.25, -0.2) is 4.98 Å². The molecule has 1 aliphatic heterocycles. The first-order valence-corrected chi connectivity index (χ1v) is 6.00. The summed E-state index contributed by atoms with van der Waals surface area (Å²) in [5, 5.41) is 6.09. The Bertz CT molecular complexity index is 346. The molecule has 2 heterocycles. The molecular weight excluding hydrogens is 210 g/mol. The van der Waals surface area contributed by atoms with E-state index in [4.69, 9.17) is 0 Å². The summed E-state index contributed by atoms with van der Waals surface area (Å²) >= 11 is 1.59. The molecule has 0 aromatic carbocycles. The zero-order valence-electron chi connectivity index (χ0n) is 8.75. The largest absolute Gasteiger partial charge is 0.351 e. The molecule has 1 fully saturated rings. The zero-order valence-corrected chi connectivity index (χ0v) is 9.56. The smallest absolute Gasteiger partial charge is 0.220 e. The number of aryl methyl sites for hydroxylation is 1. The lowest BCUT2D eigenvalue weighted by Gasteiger charge is -2.26. The molecule has 1 aliphatic rings. The lowest BCUT2D eigenvalue weighted by Crippen LogP contribution is -2.44. The maximum Gasteiger partial charge on any atom is 0.220 e. The van der Waals surface area contributed by atoms with E-state index < -0.39 is 0 Å². The summed E-state index contributed by atoms with van der Waals surface area (Å²) in [5.74, 6) is 0.682. The number of hydrogen-bond acceptors (Lipinski definition) is 4. The highest BCUT2D eigenvalue weighted by molar-refractivity contribution is 7.09. The second kappa shape index (κ2) is 4.72. The van der Waals surface area contributed by atoms with Gasteiger partial charge in [-0.05, 0) is 25.9 Å². The van der Waals surface area contributed by atoms with Gasteiger partial charge in [0.1, 0.15) is 0 Å². The van der Waals surface area contributed by atoms with E-state index in [-0.39, 0.29) is 5.91 Å². The minimum atomic E-state index is 0.148. The number of nitrogens with zero attached hydrogens (tertiary/aromatic N) is 1. The minimum Gasteiger partial charge on any atom is -0.351 e. The summed E-state index contributed by atoms with van der Waals surface area (Å²) in [7, 11) is 0. The van der Waals surface area contributed by atoms with Crippen LogP contribution in [0.1, 0.15) is 17.0 Å². The van der Waals surface area contributed by atoms with Gasteiger partial charge in [0.2, 0.25) is 5.91 Å². The Morgan fingerprint density at radius 2 is 2.53 bits per heavy atom. The summed E-state index contributed by atoms with van der Waals surface area (Å²) in [5.41, 5.74) is 2.83. The van der Waals surface area contributed by atoms with Crippen molar-refractivity contribution in [3.63, 3.8) is 0 Å². The number of nitrogens with one attached hydrogen (secondary N) is 2. The van der Waals surface area contributed by atoms with Crippen molar-refractivity contribution < 1.29 is 4.79 Å². The Hall–Kier alpha value is -0.940. The minimum absolute atomic E-state index is 0.148. The van der Waals surface area contributed by atoms with Crippen LogP contribution in [0.15, 0.2) is 5.51 Å². The highest BCUT2D eigenvalue weighted by Gasteiger charge is 2.19. The van der Waals surface area contributed by atoms with Crippen LogP contribution < -0.4 is 10.6 Å². The van der Waals surface area contributed by atoms with Gasteiger partial charge in [-0.1, -0.05) is 0 Å². The average molecular weight is 225 g/mol. The molecule has 0 atom stereocenters. The maximum atomic E-state index is 11.5. The van der Waals surface area contributed by atoms with E-state index in [0.29, 0.717) is 18.9 Å². The van der Waals surface area contributed by atoms with Gasteiger partial charge in [0.05, 0.1) is 17.7 Å². The zero-order chi connectivity index (χ0) is 10.7. The first-order valence-electron chi connectivity index (χ1n) is 5.12. The molecule has 0 radical (unpaired) electrons. The fraction of sp³-hybridized carbons (Fsp3) is 0.600. The van der Waals surface area contributed by atoms with Crippen molar-refractivity contribution >= 4 is 17.2 Å². The molecule has 1 amide bonds. The van der Waals surface area contributed by atoms with E-state index in [9.17, 15) is 4.79 Å². The van der Waals surface area contributed by atoms with Crippen LogP contribution >= 0.6 is 11.3 Å². The van der Waals surface area contributed by atoms with Crippen LogP contribution in [-0.4, -0.2) is 24.0 Å². The monoisotopic (exact) mass is 225 g/mol. The molecule has 2 rings (SSSR count). The number of carbonyl (C=O) groups is 1. The van der Waals surface area contributed by atoms with Crippen molar-refractivity contribution in [3.05, 3.63) is 16.1 Å². The van der Waals surface area contributed by atoms with Crippen molar-refractivity contribution in [2.75, 3.05) is 13.1 Å². The van der Waals surface area contributed by atoms with Gasteiger partial charge in [0.25, 0.3) is 0 Å². The molecule has 1 saturated heterocycles. The third-order valence-corrected chi connectivity index (χ3v) is 3.57. The van der Waals surface area contributed by atoms with Crippen LogP contribution in [0.4, 0.5) is 0 Å². The molecular formula is C10H15N3OS. The Labute approximate surface area is 93.1 Å². The first-order chi connectivity index (χ1) is 7.25. The molecule has 0 bridgehead atoms. The Balaban J connectivity index is 1.73. The van der Waals surface area contributed by atoms with E-state index in [1.807, 2.05) is 12.4 Å². The second-order valence-corrected chi connectivity index (χ2v) is 4.81. The normalized spacial score (nSPS) is 16.1. The Morgan fingerprint density at radius 1 is 1.73 bits per heavy atom. The fourth-order valence-corrected chi connectivity index (χ4v) is 2.22. The average Bonchev–Trinajstić information content (AvgIpc) is 2.55. The molecule has 0 unspecified atom stereocenters. The number of rotatable bonds is 4. The van der Waals surface area contributed by atoms with Crippen LogP contribution in [0, 0.1) is 12.8 Å². The van der Waals surface area contributed by atoms with Crippen LogP contribution in [0.2, 0.25) is 0 Å². The van der Waals surface area contributed by atoms with Gasteiger partial charge >= 0.3 is 0 Å². The van der Waals surface area contributed by atoms with Crippen LogP contribution in [-0.2, 0) is 11.3 Å². The summed E-state index contributed by atoms with van der Waals surface area (Å²) in [6, 6.07) is 0. The number of thiazole rings is 1. The van der Waals surface area contributed by atoms with Gasteiger partial charge in [-0.3, -0.25) is 4.79 Å². The SMILES string of the molecule is Cc1ncsc1CNC(=O)CC1CNC1. The molecule has 1 aromatic rings. The molecule has 4 nitrogen and oxygen atoms in total. The molecule has 15 heavy (non-hydrogen) atoms. The number of hydrogen-bond donors (Lipinski definition) is 2. The van der Waals surface area contributed by atoms with E-state index in [1.165, 1.54) is 0 Å². The highest BCUT2D eigenvalue weighted by atomic mass is 32.1. The third kappa shape index (κ3) is 2.76. The molecule has 0 aliphatic carbocycles. The summed E-state index contributed by atoms with van der Waals surface area (Å²) in [4.78, 5) is 16.8. The topological polar surface area (TPSA) is 54.0 Å². The maximum absolute atomic E-state index is 11.5. The first kappa shape index (κ1) is 10.6.